The second-order valence-electron chi connectivity index (χ2n) is 7.37. The molecule has 9 N–H and O–H groups in total. The van der Waals surface area contributed by atoms with Gasteiger partial charge in [0.1, 0.15) is 4.90 Å². The Labute approximate surface area is 220 Å². The number of aromatic carboxylic acids is 1. The number of hydrogen-bond donors (Lipinski definition) is 8. The summed E-state index contributed by atoms with van der Waals surface area (Å²) in [5.41, 5.74) is 4.04. The van der Waals surface area contributed by atoms with E-state index in [1.54, 1.807) is 0 Å². The molecule has 0 unspecified atom stereocenters. The lowest BCUT2D eigenvalue weighted by Gasteiger charge is -2.14. The van der Waals surface area contributed by atoms with Gasteiger partial charge in [-0.15, -0.1) is 0 Å². The third-order valence-corrected chi connectivity index (χ3v) is 7.21. The molecule has 2 aromatic carbocycles. The minimum absolute atomic E-state index is 0.112. The molecule has 0 saturated carbocycles. The predicted molar refractivity (Wildman–Crippen MR) is 133 cm³/mol. The molecule has 0 spiro atoms. The maximum Gasteiger partial charge on any atom is 0.337 e. The van der Waals surface area contributed by atoms with E-state index in [-0.39, 0.29) is 30.7 Å². The monoisotopic (exact) mass is 605 g/mol. The lowest BCUT2D eigenvalue weighted by Crippen LogP contribution is -2.17. The second kappa shape index (κ2) is 11.0. The zero-order valence-electron chi connectivity index (χ0n) is 19.2. The molecule has 18 nitrogen and oxygen atoms in total. The van der Waals surface area contributed by atoms with Crippen molar-refractivity contribution in [1.82, 2.24) is 15.0 Å². The van der Waals surface area contributed by atoms with Crippen LogP contribution in [0, 0.1) is 0 Å². The Morgan fingerprint density at radius 2 is 1.26 bits per heavy atom. The average molecular weight is 606 g/mol. The van der Waals surface area contributed by atoms with Gasteiger partial charge in [-0.25, -0.2) is 4.79 Å². The molecular formula is C18H19N7O11S3. The van der Waals surface area contributed by atoms with Gasteiger partial charge >= 0.3 is 5.97 Å². The lowest BCUT2D eigenvalue weighted by atomic mass is 10.2. The van der Waals surface area contributed by atoms with E-state index in [4.69, 9.17) is 5.73 Å². The first-order valence-corrected chi connectivity index (χ1v) is 14.5. The van der Waals surface area contributed by atoms with Crippen molar-refractivity contribution in [2.45, 2.75) is 14.7 Å². The normalized spacial score (nSPS) is 12.1. The first-order valence-electron chi connectivity index (χ1n) is 10.2. The molecule has 0 bridgehead atoms. The van der Waals surface area contributed by atoms with E-state index in [1.165, 1.54) is 0 Å². The first-order chi connectivity index (χ1) is 18.0. The number of rotatable bonds is 11. The van der Waals surface area contributed by atoms with E-state index in [1.807, 2.05) is 0 Å². The highest BCUT2D eigenvalue weighted by Gasteiger charge is 2.22. The van der Waals surface area contributed by atoms with Crippen LogP contribution >= 0.6 is 0 Å². The number of nitrogens with one attached hydrogen (secondary N) is 3. The SMILES string of the molecule is NCCNc1nc(Nc2ccc(S(=O)(=O)O)cc2C(=O)O)nc(Nc2cc(S(=O)(=O)O)ccc2S(=O)(=O)O)n1. The predicted octanol–water partition coefficient (Wildman–Crippen LogP) is 0.168. The molecule has 0 aliphatic rings. The smallest absolute Gasteiger partial charge is 0.337 e. The van der Waals surface area contributed by atoms with Crippen molar-refractivity contribution in [2.24, 2.45) is 5.73 Å². The van der Waals surface area contributed by atoms with Crippen LogP contribution < -0.4 is 21.7 Å². The highest BCUT2D eigenvalue weighted by atomic mass is 32.2. The van der Waals surface area contributed by atoms with E-state index in [2.05, 4.69) is 30.9 Å². The standard InChI is InChI=1S/C18H19N7O11S3/c19-5-6-20-16-23-17(21-12-3-1-9(37(28,29)30)7-11(12)15(26)27)25-18(24-16)22-13-8-10(38(31,32)33)2-4-14(13)39(34,35)36/h1-4,7-8H,5-6,19H2,(H,26,27)(H,28,29,30)(H,31,32,33)(H,34,35,36)(H3,20,21,22,23,24,25). The quantitative estimate of drug-likeness (QED) is 0.135. The second-order valence-corrected chi connectivity index (χ2v) is 11.6. The molecule has 0 fully saturated rings. The number of carboxylic acids is 1. The van der Waals surface area contributed by atoms with Crippen molar-refractivity contribution in [3.05, 3.63) is 42.0 Å². The Balaban J connectivity index is 2.13. The van der Waals surface area contributed by atoms with Crippen molar-refractivity contribution in [2.75, 3.05) is 29.0 Å². The van der Waals surface area contributed by atoms with Crippen LogP contribution in [-0.2, 0) is 30.4 Å². The molecule has 21 heteroatoms. The van der Waals surface area contributed by atoms with E-state index in [0.717, 1.165) is 18.2 Å². The van der Waals surface area contributed by atoms with Gasteiger partial charge in [0.15, 0.2) is 0 Å². The summed E-state index contributed by atoms with van der Waals surface area (Å²) in [6, 6.07) is 4.68. The summed E-state index contributed by atoms with van der Waals surface area (Å²) in [6.07, 6.45) is 0. The molecule has 0 saturated heterocycles. The maximum absolute atomic E-state index is 11.8. The number of hydrogen-bond acceptors (Lipinski definition) is 14. The summed E-state index contributed by atoms with van der Waals surface area (Å²) in [4.78, 5) is 21.4. The van der Waals surface area contributed by atoms with Crippen LogP contribution in [0.4, 0.5) is 29.2 Å². The number of nitrogens with two attached hydrogens (primary N) is 1. The van der Waals surface area contributed by atoms with Gasteiger partial charge in [0.25, 0.3) is 30.4 Å². The number of carbonyl (C=O) groups is 1. The van der Waals surface area contributed by atoms with Crippen molar-refractivity contribution >= 4 is 65.5 Å². The van der Waals surface area contributed by atoms with Crippen LogP contribution in [-0.4, -0.2) is 78.0 Å². The average Bonchev–Trinajstić information content (AvgIpc) is 2.80. The van der Waals surface area contributed by atoms with E-state index >= 15 is 0 Å². The van der Waals surface area contributed by atoms with E-state index in [0.29, 0.717) is 18.2 Å². The van der Waals surface area contributed by atoms with Gasteiger partial charge in [0, 0.05) is 13.1 Å². The molecule has 0 amide bonds. The molecule has 39 heavy (non-hydrogen) atoms. The van der Waals surface area contributed by atoms with Crippen LogP contribution in [0.5, 0.6) is 0 Å². The summed E-state index contributed by atoms with van der Waals surface area (Å²) < 4.78 is 97.6. The molecule has 0 aliphatic carbocycles. The molecular weight excluding hydrogens is 586 g/mol. The van der Waals surface area contributed by atoms with Gasteiger partial charge in [0.05, 0.1) is 26.7 Å². The molecule has 3 rings (SSSR count). The lowest BCUT2D eigenvalue weighted by molar-refractivity contribution is 0.0697. The first kappa shape index (κ1) is 29.6. The molecule has 0 radical (unpaired) electrons. The van der Waals surface area contributed by atoms with Crippen LogP contribution in [0.15, 0.2) is 51.1 Å². The van der Waals surface area contributed by atoms with Crippen molar-refractivity contribution in [3.8, 4) is 0 Å². The number of nitrogens with zero attached hydrogens (tertiary/aromatic N) is 3. The molecule has 1 aromatic heterocycles. The summed E-state index contributed by atoms with van der Waals surface area (Å²) in [6.45, 7) is 0.238. The minimum Gasteiger partial charge on any atom is -0.478 e. The van der Waals surface area contributed by atoms with E-state index in [9.17, 15) is 48.8 Å². The van der Waals surface area contributed by atoms with Gasteiger partial charge in [-0.05, 0) is 36.4 Å². The topological polar surface area (TPSA) is 301 Å². The summed E-state index contributed by atoms with van der Waals surface area (Å²) in [5.74, 6) is -2.62. The zero-order valence-corrected chi connectivity index (χ0v) is 21.6. The van der Waals surface area contributed by atoms with Gasteiger partial charge < -0.3 is 26.8 Å². The molecule has 210 valence electrons. The van der Waals surface area contributed by atoms with Crippen LogP contribution in [0.25, 0.3) is 0 Å². The Hall–Kier alpha value is -3.99. The minimum atomic E-state index is -4.92. The van der Waals surface area contributed by atoms with Crippen LogP contribution in [0.2, 0.25) is 0 Å². The Morgan fingerprint density at radius 3 is 1.77 bits per heavy atom. The van der Waals surface area contributed by atoms with Crippen LogP contribution in [0.1, 0.15) is 10.4 Å². The fourth-order valence-electron chi connectivity index (χ4n) is 2.95. The fraction of sp³-hybridized carbons (Fsp3) is 0.111. The summed E-state index contributed by atoms with van der Waals surface area (Å²) >= 11 is 0. The highest BCUT2D eigenvalue weighted by Crippen LogP contribution is 2.28. The Kier molecular flexibility index (Phi) is 8.35. The highest BCUT2D eigenvalue weighted by molar-refractivity contribution is 7.86. The van der Waals surface area contributed by atoms with Gasteiger partial charge in [-0.2, -0.15) is 40.2 Å². The van der Waals surface area contributed by atoms with Gasteiger partial charge in [-0.3, -0.25) is 13.7 Å². The molecule has 3 aromatic rings. The molecule has 1 heterocycles. The largest absolute Gasteiger partial charge is 0.478 e. The van der Waals surface area contributed by atoms with Crippen molar-refractivity contribution in [3.63, 3.8) is 0 Å². The van der Waals surface area contributed by atoms with Gasteiger partial charge in [0.2, 0.25) is 17.8 Å². The third kappa shape index (κ3) is 7.53. The molecule has 0 aliphatic heterocycles. The number of aromatic nitrogens is 3. The van der Waals surface area contributed by atoms with Crippen molar-refractivity contribution in [1.29, 1.82) is 0 Å². The number of anilines is 5. The maximum atomic E-state index is 11.8. The van der Waals surface area contributed by atoms with E-state index < -0.39 is 68.2 Å². The fourth-order valence-corrected chi connectivity index (χ4v) is 4.60. The summed E-state index contributed by atoms with van der Waals surface area (Å²) in [5, 5.41) is 17.1. The third-order valence-electron chi connectivity index (χ3n) is 4.60. The number of carboxylic acid groups (broad SMARTS) is 1. The van der Waals surface area contributed by atoms with Crippen LogP contribution in [0.3, 0.4) is 0 Å². The Bertz CT molecular complexity index is 1760. The van der Waals surface area contributed by atoms with Gasteiger partial charge in [-0.1, -0.05) is 0 Å². The number of benzene rings is 2. The zero-order chi connectivity index (χ0) is 29.2. The Morgan fingerprint density at radius 1 is 0.744 bits per heavy atom. The van der Waals surface area contributed by atoms with Crippen molar-refractivity contribution < 1.29 is 48.8 Å². The molecule has 0 atom stereocenters. The summed E-state index contributed by atoms with van der Waals surface area (Å²) in [7, 11) is -14.5.